The van der Waals surface area contributed by atoms with E-state index in [1.54, 1.807) is 0 Å². The lowest BCUT2D eigenvalue weighted by Crippen LogP contribution is -2.14. The largest absolute Gasteiger partial charge is 0.381 e. The van der Waals surface area contributed by atoms with Crippen LogP contribution in [0.5, 0.6) is 0 Å². The SMILES string of the molecule is C1=CCNC(c2ccc(-c3cc(-c4ccc(C5C=CC=CN5)cc4)cc(-c4cc(-c5ccc6c7c(cccc57)-c5ccccc5-6)cc(-c5ccc6c7c(cccc57)-c5ccccc5-6)c4)c3)cc2)=C1. The molecule has 2 N–H and O–H groups in total. The molecule has 4 aliphatic rings. The second-order valence-electron chi connectivity index (χ2n) is 18.4. The summed E-state index contributed by atoms with van der Waals surface area (Å²) in [7, 11) is 0. The molecule has 0 saturated carbocycles. The zero-order valence-electron chi connectivity index (χ0n) is 37.3. The van der Waals surface area contributed by atoms with Crippen molar-refractivity contribution in [3.05, 3.63) is 248 Å². The van der Waals surface area contributed by atoms with Crippen LogP contribution in [0, 0.1) is 0 Å². The van der Waals surface area contributed by atoms with E-state index in [9.17, 15) is 0 Å². The van der Waals surface area contributed by atoms with Crippen LogP contribution in [0.1, 0.15) is 17.2 Å². The van der Waals surface area contributed by atoms with Gasteiger partial charge in [-0.25, -0.2) is 0 Å². The van der Waals surface area contributed by atoms with Crippen LogP contribution >= 0.6 is 0 Å². The minimum Gasteiger partial charge on any atom is -0.381 e. The predicted octanol–water partition coefficient (Wildman–Crippen LogP) is 16.8. The fourth-order valence-corrected chi connectivity index (χ4v) is 11.4. The van der Waals surface area contributed by atoms with Gasteiger partial charge in [0.05, 0.1) is 6.04 Å². The number of dihydropyridines is 2. The Kier molecular flexibility index (Phi) is 8.75. The van der Waals surface area contributed by atoms with Crippen LogP contribution in [-0.2, 0) is 0 Å². The van der Waals surface area contributed by atoms with E-state index < -0.39 is 0 Å². The molecule has 68 heavy (non-hydrogen) atoms. The van der Waals surface area contributed by atoms with Crippen LogP contribution in [0.15, 0.2) is 237 Å². The predicted molar refractivity (Wildman–Crippen MR) is 287 cm³/mol. The maximum atomic E-state index is 3.53. The highest BCUT2D eigenvalue weighted by molar-refractivity contribution is 6.20. The molecular formula is C66H44N2. The fourth-order valence-electron chi connectivity index (χ4n) is 11.4. The van der Waals surface area contributed by atoms with Crippen molar-refractivity contribution in [3.63, 3.8) is 0 Å². The van der Waals surface area contributed by atoms with Crippen LogP contribution < -0.4 is 10.6 Å². The van der Waals surface area contributed by atoms with E-state index in [-0.39, 0.29) is 6.04 Å². The standard InChI is InChI=1S/C66H44N2/c1-3-13-55-53(11-1)59-17-9-15-57-51(29-31-61(55)65(57)59)49-38-48(39-50(40-49)52-30-32-62-56-14-4-2-12-54(56)60-18-10-16-58(52)66(60)62)47-36-45(41-21-25-43(26-22-41)63-19-5-7-33-67-63)35-46(37-47)42-23-27-44(28-24-42)64-20-6-8-34-68-64/h1-33,35-40,63,67-68H,34H2. The average Bonchev–Trinajstić information content (AvgIpc) is 3.93. The summed E-state index contributed by atoms with van der Waals surface area (Å²) in [4.78, 5) is 0. The Hall–Kier alpha value is -8.72. The third-order valence-electron chi connectivity index (χ3n) is 14.6. The molecule has 2 aliphatic heterocycles. The van der Waals surface area contributed by atoms with Crippen molar-refractivity contribution in [1.82, 2.24) is 10.6 Å². The molecule has 0 spiro atoms. The Morgan fingerprint density at radius 3 is 1.28 bits per heavy atom. The van der Waals surface area contributed by atoms with Gasteiger partial charge in [-0.3, -0.25) is 0 Å². The Bertz CT molecular complexity index is 3650. The van der Waals surface area contributed by atoms with Crippen LogP contribution in [-0.4, -0.2) is 6.54 Å². The van der Waals surface area contributed by atoms with Crippen molar-refractivity contribution < 1.29 is 0 Å². The first-order valence-electron chi connectivity index (χ1n) is 23.7. The molecule has 2 heterocycles. The highest BCUT2D eigenvalue weighted by Crippen LogP contribution is 2.52. The molecule has 318 valence electrons. The number of benzene rings is 10. The van der Waals surface area contributed by atoms with Gasteiger partial charge in [-0.2, -0.15) is 0 Å². The second-order valence-corrected chi connectivity index (χ2v) is 18.4. The summed E-state index contributed by atoms with van der Waals surface area (Å²) in [6, 6.07) is 73.6. The van der Waals surface area contributed by atoms with Gasteiger partial charge in [-0.05, 0) is 188 Å². The van der Waals surface area contributed by atoms with Gasteiger partial charge in [0.1, 0.15) is 0 Å². The molecule has 0 amide bonds. The van der Waals surface area contributed by atoms with E-state index in [1.807, 2.05) is 12.3 Å². The monoisotopic (exact) mass is 864 g/mol. The maximum absolute atomic E-state index is 3.53. The zero-order chi connectivity index (χ0) is 44.7. The number of nitrogens with one attached hydrogen (secondary N) is 2. The lowest BCUT2D eigenvalue weighted by molar-refractivity contribution is 0.746. The Balaban J connectivity index is 0.984. The van der Waals surface area contributed by atoms with Gasteiger partial charge >= 0.3 is 0 Å². The van der Waals surface area contributed by atoms with Gasteiger partial charge in [-0.1, -0.05) is 182 Å². The molecule has 14 rings (SSSR count). The van der Waals surface area contributed by atoms with E-state index in [0.717, 1.165) is 12.2 Å². The van der Waals surface area contributed by atoms with Crippen molar-refractivity contribution >= 4 is 27.2 Å². The minimum atomic E-state index is 0.153. The maximum Gasteiger partial charge on any atom is 0.0695 e. The number of hydrogen-bond acceptors (Lipinski definition) is 2. The molecule has 2 heteroatoms. The summed E-state index contributed by atoms with van der Waals surface area (Å²) >= 11 is 0. The molecule has 10 aromatic carbocycles. The van der Waals surface area contributed by atoms with Crippen LogP contribution in [0.3, 0.4) is 0 Å². The first kappa shape index (κ1) is 38.5. The summed E-state index contributed by atoms with van der Waals surface area (Å²) in [5, 5.41) is 12.3. The average molecular weight is 865 g/mol. The number of fused-ring (bicyclic) bond motifs is 6. The molecule has 1 unspecified atom stereocenters. The summed E-state index contributed by atoms with van der Waals surface area (Å²) in [6.07, 6.45) is 14.8. The second kappa shape index (κ2) is 15.4. The van der Waals surface area contributed by atoms with Crippen LogP contribution in [0.2, 0.25) is 0 Å². The van der Waals surface area contributed by atoms with Crippen LogP contribution in [0.25, 0.3) is 127 Å². The molecule has 1 atom stereocenters. The summed E-state index contributed by atoms with van der Waals surface area (Å²) in [6.45, 7) is 0.839. The van der Waals surface area contributed by atoms with Gasteiger partial charge in [0.2, 0.25) is 0 Å². The smallest absolute Gasteiger partial charge is 0.0695 e. The van der Waals surface area contributed by atoms with E-state index in [2.05, 4.69) is 235 Å². The van der Waals surface area contributed by atoms with Gasteiger partial charge < -0.3 is 10.6 Å². The van der Waals surface area contributed by atoms with Crippen molar-refractivity contribution in [3.8, 4) is 100 Å². The van der Waals surface area contributed by atoms with E-state index >= 15 is 0 Å². The van der Waals surface area contributed by atoms with Gasteiger partial charge in [0, 0.05) is 12.2 Å². The number of allylic oxidation sites excluding steroid dienone is 4. The Morgan fingerprint density at radius 1 is 0.338 bits per heavy atom. The first-order chi connectivity index (χ1) is 33.7. The molecule has 0 bridgehead atoms. The summed E-state index contributed by atoms with van der Waals surface area (Å²) in [5.74, 6) is 0. The molecule has 10 aromatic rings. The first-order valence-corrected chi connectivity index (χ1v) is 23.7. The normalized spacial score (nSPS) is 14.7. The quantitative estimate of drug-likeness (QED) is 0.167. The van der Waals surface area contributed by atoms with Crippen LogP contribution in [0.4, 0.5) is 0 Å². The highest BCUT2D eigenvalue weighted by Gasteiger charge is 2.25. The topological polar surface area (TPSA) is 24.1 Å². The highest BCUT2D eigenvalue weighted by atomic mass is 14.9. The van der Waals surface area contributed by atoms with Crippen molar-refractivity contribution in [2.45, 2.75) is 6.04 Å². The molecule has 0 radical (unpaired) electrons. The van der Waals surface area contributed by atoms with E-state index in [4.69, 9.17) is 0 Å². The molecule has 2 nitrogen and oxygen atoms in total. The van der Waals surface area contributed by atoms with Gasteiger partial charge in [0.25, 0.3) is 0 Å². The lowest BCUT2D eigenvalue weighted by Gasteiger charge is -2.18. The summed E-state index contributed by atoms with van der Waals surface area (Å²) in [5.41, 5.74) is 26.0. The third-order valence-corrected chi connectivity index (χ3v) is 14.6. The number of rotatable bonds is 7. The van der Waals surface area contributed by atoms with E-state index in [0.29, 0.717) is 0 Å². The van der Waals surface area contributed by atoms with Crippen molar-refractivity contribution in [2.24, 2.45) is 0 Å². The lowest BCUT2D eigenvalue weighted by atomic mass is 9.87. The Labute approximate surface area is 396 Å². The Morgan fingerprint density at radius 2 is 0.779 bits per heavy atom. The number of hydrogen-bond donors (Lipinski definition) is 2. The fraction of sp³-hybridized carbons (Fsp3) is 0.0303. The summed E-state index contributed by atoms with van der Waals surface area (Å²) < 4.78 is 0. The van der Waals surface area contributed by atoms with Crippen molar-refractivity contribution in [2.75, 3.05) is 6.54 Å². The van der Waals surface area contributed by atoms with E-state index in [1.165, 1.54) is 133 Å². The molecule has 0 saturated heterocycles. The molecule has 0 aromatic heterocycles. The van der Waals surface area contributed by atoms with Gasteiger partial charge in [0.15, 0.2) is 0 Å². The zero-order valence-corrected chi connectivity index (χ0v) is 37.3. The molecule has 2 aliphatic carbocycles. The van der Waals surface area contributed by atoms with Crippen molar-refractivity contribution in [1.29, 1.82) is 0 Å². The third kappa shape index (κ3) is 6.18. The minimum absolute atomic E-state index is 0.153. The molecule has 0 fully saturated rings. The molecular weight excluding hydrogens is 821 g/mol. The van der Waals surface area contributed by atoms with Gasteiger partial charge in [-0.15, -0.1) is 0 Å².